The maximum Gasteiger partial charge on any atom is 0.288 e. The number of aromatic nitrogens is 4. The van der Waals surface area contributed by atoms with Crippen molar-refractivity contribution in [1.29, 1.82) is 0 Å². The highest BCUT2D eigenvalue weighted by molar-refractivity contribution is 5.89. The Morgan fingerprint density at radius 2 is 2.39 bits per heavy atom. The fraction of sp³-hybridized carbons (Fsp3) is 0.273. The summed E-state index contributed by atoms with van der Waals surface area (Å²) in [6.07, 6.45) is 2.58. The second-order valence-corrected chi connectivity index (χ2v) is 4.05. The number of nitrogens with zero attached hydrogens (tertiary/aromatic N) is 4. The summed E-state index contributed by atoms with van der Waals surface area (Å²) in [7, 11) is 0. The number of carbonyl (C=O) groups is 1. The number of carbonyl (C=O) groups excluding carboxylic acids is 1. The number of anilines is 1. The van der Waals surface area contributed by atoms with Gasteiger partial charge in [-0.05, 0) is 18.6 Å². The second kappa shape index (κ2) is 4.10. The minimum Gasteiger partial charge on any atom is -0.363 e. The fourth-order valence-electron chi connectivity index (χ4n) is 2.05. The smallest absolute Gasteiger partial charge is 0.288 e. The minimum absolute atomic E-state index is 0.0111. The number of primary amides is 1. The van der Waals surface area contributed by atoms with Crippen LogP contribution in [0, 0.1) is 0 Å². The molecule has 1 aliphatic heterocycles. The molecule has 18 heavy (non-hydrogen) atoms. The first kappa shape index (κ1) is 10.7. The van der Waals surface area contributed by atoms with E-state index in [9.17, 15) is 4.79 Å². The van der Waals surface area contributed by atoms with E-state index in [0.29, 0.717) is 5.95 Å². The van der Waals surface area contributed by atoms with Gasteiger partial charge in [-0.2, -0.15) is 4.98 Å². The maximum atomic E-state index is 11.1. The van der Waals surface area contributed by atoms with Crippen molar-refractivity contribution in [3.05, 3.63) is 35.9 Å². The minimum atomic E-state index is -0.626. The molecule has 92 valence electrons. The van der Waals surface area contributed by atoms with Crippen LogP contribution in [-0.4, -0.2) is 32.2 Å². The molecule has 1 atom stereocenters. The van der Waals surface area contributed by atoms with Crippen molar-refractivity contribution in [3.63, 3.8) is 0 Å². The zero-order valence-electron chi connectivity index (χ0n) is 9.58. The summed E-state index contributed by atoms with van der Waals surface area (Å²) >= 11 is 0. The number of pyridine rings is 1. The van der Waals surface area contributed by atoms with Crippen LogP contribution in [-0.2, 0) is 0 Å². The molecule has 0 saturated carbocycles. The second-order valence-electron chi connectivity index (χ2n) is 4.05. The number of hydrogen-bond acceptors (Lipinski definition) is 5. The van der Waals surface area contributed by atoms with Crippen LogP contribution in [0.25, 0.3) is 0 Å². The summed E-state index contributed by atoms with van der Waals surface area (Å²) in [4.78, 5) is 19.5. The molecule has 2 aromatic heterocycles. The van der Waals surface area contributed by atoms with Crippen LogP contribution in [0.5, 0.6) is 0 Å². The molecule has 0 saturated heterocycles. The maximum absolute atomic E-state index is 11.1. The lowest BCUT2D eigenvalue weighted by Gasteiger charge is -2.23. The normalized spacial score (nSPS) is 17.9. The molecule has 1 unspecified atom stereocenters. The molecule has 2 aromatic rings. The van der Waals surface area contributed by atoms with Gasteiger partial charge < -0.3 is 11.1 Å². The zero-order valence-corrected chi connectivity index (χ0v) is 9.58. The summed E-state index contributed by atoms with van der Waals surface area (Å²) in [5.74, 6) is -0.0375. The van der Waals surface area contributed by atoms with E-state index in [2.05, 4.69) is 20.4 Å². The van der Waals surface area contributed by atoms with Crippen LogP contribution in [0.4, 0.5) is 5.95 Å². The van der Waals surface area contributed by atoms with Crippen LogP contribution in [0.3, 0.4) is 0 Å². The number of rotatable bonds is 2. The third-order valence-electron chi connectivity index (χ3n) is 2.88. The van der Waals surface area contributed by atoms with E-state index in [-0.39, 0.29) is 11.9 Å². The van der Waals surface area contributed by atoms with Crippen molar-refractivity contribution in [3.8, 4) is 0 Å². The fourth-order valence-corrected chi connectivity index (χ4v) is 2.05. The molecule has 3 heterocycles. The third-order valence-corrected chi connectivity index (χ3v) is 2.88. The van der Waals surface area contributed by atoms with Gasteiger partial charge in [-0.3, -0.25) is 9.78 Å². The van der Waals surface area contributed by atoms with Gasteiger partial charge in [0.1, 0.15) is 0 Å². The number of nitrogens with two attached hydrogens (primary N) is 1. The van der Waals surface area contributed by atoms with Crippen molar-refractivity contribution in [2.45, 2.75) is 12.5 Å². The molecule has 0 aliphatic carbocycles. The van der Waals surface area contributed by atoms with Gasteiger partial charge >= 0.3 is 0 Å². The SMILES string of the molecule is NC(=O)c1nc2n(n1)C(c1ccccn1)CCN2. The first-order valence-corrected chi connectivity index (χ1v) is 5.67. The first-order valence-electron chi connectivity index (χ1n) is 5.67. The Balaban J connectivity index is 2.04. The van der Waals surface area contributed by atoms with Crippen molar-refractivity contribution >= 4 is 11.9 Å². The van der Waals surface area contributed by atoms with Crippen molar-refractivity contribution in [2.75, 3.05) is 11.9 Å². The molecular formula is C11H12N6O. The number of hydrogen-bond donors (Lipinski definition) is 2. The van der Waals surface area contributed by atoms with Crippen molar-refractivity contribution in [2.24, 2.45) is 5.73 Å². The predicted octanol–water partition coefficient (Wildman–Crippen LogP) is 0.177. The van der Waals surface area contributed by atoms with E-state index >= 15 is 0 Å². The molecule has 0 spiro atoms. The van der Waals surface area contributed by atoms with E-state index < -0.39 is 5.91 Å². The Bertz CT molecular complexity index is 578. The Labute approximate surface area is 103 Å². The van der Waals surface area contributed by atoms with E-state index in [1.807, 2.05) is 18.2 Å². The monoisotopic (exact) mass is 244 g/mol. The van der Waals surface area contributed by atoms with Crippen molar-refractivity contribution in [1.82, 2.24) is 19.7 Å². The van der Waals surface area contributed by atoms with E-state index in [0.717, 1.165) is 18.7 Å². The lowest BCUT2D eigenvalue weighted by Crippen LogP contribution is -2.25. The molecule has 0 aromatic carbocycles. The van der Waals surface area contributed by atoms with E-state index in [1.54, 1.807) is 10.9 Å². The van der Waals surface area contributed by atoms with Gasteiger partial charge in [-0.15, -0.1) is 5.10 Å². The molecule has 7 heteroatoms. The average molecular weight is 244 g/mol. The topological polar surface area (TPSA) is 98.7 Å². The van der Waals surface area contributed by atoms with E-state index in [1.165, 1.54) is 0 Å². The van der Waals surface area contributed by atoms with Crippen LogP contribution in [0.1, 0.15) is 28.8 Å². The summed E-state index contributed by atoms with van der Waals surface area (Å²) in [6, 6.07) is 5.71. The molecule has 1 aliphatic rings. The highest BCUT2D eigenvalue weighted by Crippen LogP contribution is 2.26. The summed E-state index contributed by atoms with van der Waals surface area (Å²) in [5.41, 5.74) is 6.09. The molecule has 7 nitrogen and oxygen atoms in total. The van der Waals surface area contributed by atoms with Gasteiger partial charge in [-0.1, -0.05) is 6.07 Å². The van der Waals surface area contributed by atoms with Gasteiger partial charge in [0.25, 0.3) is 5.91 Å². The number of fused-ring (bicyclic) bond motifs is 1. The molecular weight excluding hydrogens is 232 g/mol. The molecule has 0 radical (unpaired) electrons. The Morgan fingerprint density at radius 1 is 1.50 bits per heavy atom. The lowest BCUT2D eigenvalue weighted by molar-refractivity contribution is 0.0990. The lowest BCUT2D eigenvalue weighted by atomic mass is 10.1. The standard InChI is InChI=1S/C11H12N6O/c12-9(18)10-15-11-14-6-4-8(17(11)16-10)7-3-1-2-5-13-7/h1-3,5,8H,4,6H2,(H2,12,18)(H,14,15,16). The average Bonchev–Trinajstić information content (AvgIpc) is 2.83. The van der Waals surface area contributed by atoms with Gasteiger partial charge in [0.05, 0.1) is 11.7 Å². The van der Waals surface area contributed by atoms with Crippen LogP contribution in [0.2, 0.25) is 0 Å². The molecule has 3 rings (SSSR count). The molecule has 1 amide bonds. The van der Waals surface area contributed by atoms with E-state index in [4.69, 9.17) is 5.73 Å². The predicted molar refractivity (Wildman–Crippen MR) is 64.0 cm³/mol. The Hall–Kier alpha value is -2.44. The zero-order chi connectivity index (χ0) is 12.5. The number of nitrogens with one attached hydrogen (secondary N) is 1. The highest BCUT2D eigenvalue weighted by Gasteiger charge is 2.26. The quantitative estimate of drug-likeness (QED) is 0.785. The molecule has 0 fully saturated rings. The molecule has 0 bridgehead atoms. The highest BCUT2D eigenvalue weighted by atomic mass is 16.1. The van der Waals surface area contributed by atoms with Crippen LogP contribution in [0.15, 0.2) is 24.4 Å². The van der Waals surface area contributed by atoms with Crippen LogP contribution >= 0.6 is 0 Å². The number of amides is 1. The summed E-state index contributed by atoms with van der Waals surface area (Å²) < 4.78 is 1.67. The largest absolute Gasteiger partial charge is 0.363 e. The third kappa shape index (κ3) is 1.69. The Morgan fingerprint density at radius 3 is 3.11 bits per heavy atom. The summed E-state index contributed by atoms with van der Waals surface area (Å²) in [5, 5.41) is 7.23. The van der Waals surface area contributed by atoms with Gasteiger partial charge in [0.2, 0.25) is 11.8 Å². The van der Waals surface area contributed by atoms with Crippen molar-refractivity contribution < 1.29 is 4.79 Å². The van der Waals surface area contributed by atoms with Gasteiger partial charge in [-0.25, -0.2) is 4.68 Å². The molecule has 3 N–H and O–H groups in total. The summed E-state index contributed by atoms with van der Waals surface area (Å²) in [6.45, 7) is 0.762. The Kier molecular flexibility index (Phi) is 2.44. The first-order chi connectivity index (χ1) is 8.75. The van der Waals surface area contributed by atoms with Gasteiger partial charge in [0, 0.05) is 12.7 Å². The van der Waals surface area contributed by atoms with Crippen LogP contribution < -0.4 is 11.1 Å². The van der Waals surface area contributed by atoms with Gasteiger partial charge in [0.15, 0.2) is 0 Å².